The zero-order valence-corrected chi connectivity index (χ0v) is 3.51. The van der Waals surface area contributed by atoms with Crippen LogP contribution in [-0.4, -0.2) is 24.4 Å². The van der Waals surface area contributed by atoms with Crippen molar-refractivity contribution in [1.82, 2.24) is 0 Å². The van der Waals surface area contributed by atoms with Crippen LogP contribution in [0.3, 0.4) is 0 Å². The lowest BCUT2D eigenvalue weighted by Crippen LogP contribution is -2.19. The molecule has 42 valence electrons. The Labute approximate surface area is 52.9 Å². The van der Waals surface area contributed by atoms with Gasteiger partial charge in [0.1, 0.15) is 0 Å². The Balaban J connectivity index is 3.10. The Hall–Kier alpha value is -0.0800. The molecule has 0 spiro atoms. The Kier molecular flexibility index (Phi) is 0.408. The molecule has 7 heavy (non-hydrogen) atoms. The zero-order chi connectivity index (χ0) is 11.4. The minimum Gasteiger partial charge on any atom is -0.393 e. The summed E-state index contributed by atoms with van der Waals surface area (Å²) in [5, 5.41) is 9.28. The van der Waals surface area contributed by atoms with Gasteiger partial charge in [-0.2, -0.15) is 0 Å². The lowest BCUT2D eigenvalue weighted by molar-refractivity contribution is 0.0140. The molecule has 0 saturated carbocycles. The highest BCUT2D eigenvalue weighted by atomic mass is 16.5. The molecule has 1 aliphatic heterocycles. The molecule has 1 N–H and O–H groups in total. The molecule has 1 fully saturated rings. The molecule has 0 aromatic carbocycles. The molecule has 0 aromatic heterocycles. The minimum absolute atomic E-state index is 1.95. The second-order valence-corrected chi connectivity index (χ2v) is 1.05. The minimum atomic E-state index is -2.88. The first kappa shape index (κ1) is 1.25. The Morgan fingerprint density at radius 3 is 3.43 bits per heavy atom. The molecule has 2 atom stereocenters. The Morgan fingerprint density at radius 1 is 1.71 bits per heavy atom. The molecule has 2 heteroatoms. The summed E-state index contributed by atoms with van der Waals surface area (Å²) in [6.07, 6.45) is -7.75. The van der Waals surface area contributed by atoms with Gasteiger partial charge in [0, 0.05) is 18.6 Å². The standard InChI is InChI=1S/C5H10O2/c6-5-1-3-7-4-2-5/h5-6H,1-4H2/i1D2,2D2,3D,4D2. The highest BCUT2D eigenvalue weighted by Crippen LogP contribution is 2.03. The highest BCUT2D eigenvalue weighted by Gasteiger charge is 2.07. The quantitative estimate of drug-likeness (QED) is 0.480. The summed E-state index contributed by atoms with van der Waals surface area (Å²) >= 11 is 0. The molecule has 0 bridgehead atoms. The average Bonchev–Trinajstić information content (AvgIpc) is 1.99. The molecule has 2 nitrogen and oxygen atoms in total. The van der Waals surface area contributed by atoms with Crippen LogP contribution in [0.4, 0.5) is 0 Å². The summed E-state index contributed by atoms with van der Waals surface area (Å²) in [7, 11) is 0. The van der Waals surface area contributed by atoms with Crippen LogP contribution in [-0.2, 0) is 4.74 Å². The monoisotopic (exact) mass is 109 g/mol. The van der Waals surface area contributed by atoms with Crippen LogP contribution >= 0.6 is 0 Å². The first-order valence-corrected chi connectivity index (χ1v) is 1.81. The van der Waals surface area contributed by atoms with Crippen molar-refractivity contribution in [1.29, 1.82) is 0 Å². The predicted molar refractivity (Wildman–Crippen MR) is 26.1 cm³/mol. The van der Waals surface area contributed by atoms with Gasteiger partial charge in [-0.05, 0) is 12.7 Å². The van der Waals surface area contributed by atoms with E-state index in [1.807, 2.05) is 0 Å². The van der Waals surface area contributed by atoms with E-state index >= 15 is 0 Å². The van der Waals surface area contributed by atoms with Crippen LogP contribution < -0.4 is 0 Å². The van der Waals surface area contributed by atoms with Crippen LogP contribution in [0, 0.1) is 0 Å². The van der Waals surface area contributed by atoms with Crippen molar-refractivity contribution >= 4 is 0 Å². The topological polar surface area (TPSA) is 29.5 Å². The smallest absolute Gasteiger partial charge is 0.0584 e. The Bertz CT molecular complexity index is 238. The molecule has 1 heterocycles. The number of hydrogen-bond donors (Lipinski definition) is 1. The molecule has 1 saturated heterocycles. The molecule has 0 amide bonds. The fourth-order valence-electron chi connectivity index (χ4n) is 0.259. The van der Waals surface area contributed by atoms with E-state index in [9.17, 15) is 5.11 Å². The van der Waals surface area contributed by atoms with Gasteiger partial charge in [-0.3, -0.25) is 0 Å². The van der Waals surface area contributed by atoms with E-state index < -0.39 is 32.0 Å². The van der Waals surface area contributed by atoms with Gasteiger partial charge in [0.25, 0.3) is 0 Å². The number of rotatable bonds is 0. The van der Waals surface area contributed by atoms with Crippen LogP contribution in [0.25, 0.3) is 0 Å². The van der Waals surface area contributed by atoms with Crippen LogP contribution in [0.2, 0.25) is 0 Å². The molecule has 0 aliphatic carbocycles. The molecule has 1 rings (SSSR count). The first-order valence-electron chi connectivity index (χ1n) is 5.39. The van der Waals surface area contributed by atoms with E-state index in [2.05, 4.69) is 4.74 Å². The van der Waals surface area contributed by atoms with Crippen molar-refractivity contribution in [3.8, 4) is 0 Å². The van der Waals surface area contributed by atoms with Crippen molar-refractivity contribution in [2.45, 2.75) is 18.8 Å². The van der Waals surface area contributed by atoms with Gasteiger partial charge in [0.2, 0.25) is 0 Å². The van der Waals surface area contributed by atoms with Crippen molar-refractivity contribution in [2.75, 3.05) is 13.1 Å². The lowest BCUT2D eigenvalue weighted by atomic mass is 10.2. The van der Waals surface area contributed by atoms with Gasteiger partial charge < -0.3 is 9.84 Å². The molecule has 0 aromatic rings. The van der Waals surface area contributed by atoms with Gasteiger partial charge >= 0.3 is 0 Å². The third kappa shape index (κ3) is 1.45. The lowest BCUT2D eigenvalue weighted by Gasteiger charge is -2.15. The average molecular weight is 109 g/mol. The van der Waals surface area contributed by atoms with Gasteiger partial charge in [0.05, 0.1) is 10.2 Å². The number of ether oxygens (including phenoxy) is 1. The molecule has 2 unspecified atom stereocenters. The van der Waals surface area contributed by atoms with E-state index in [-0.39, 0.29) is 0 Å². The fourth-order valence-corrected chi connectivity index (χ4v) is 0.259. The van der Waals surface area contributed by atoms with Gasteiger partial charge in [0.15, 0.2) is 0 Å². The molecular weight excluding hydrogens is 92.1 g/mol. The second kappa shape index (κ2) is 2.28. The predicted octanol–water partition coefficient (Wildman–Crippen LogP) is 0.158. The normalized spacial score (nSPS) is 79.9. The summed E-state index contributed by atoms with van der Waals surface area (Å²) < 4.78 is 54.2. The number of hydrogen-bond acceptors (Lipinski definition) is 2. The van der Waals surface area contributed by atoms with Crippen LogP contribution in [0.15, 0.2) is 0 Å². The van der Waals surface area contributed by atoms with Crippen molar-refractivity contribution in [3.63, 3.8) is 0 Å². The summed E-state index contributed by atoms with van der Waals surface area (Å²) in [6, 6.07) is 0. The van der Waals surface area contributed by atoms with Gasteiger partial charge in [-0.25, -0.2) is 0 Å². The first-order chi connectivity index (χ1) is 6.03. The zero-order valence-electron chi connectivity index (χ0n) is 10.5. The van der Waals surface area contributed by atoms with Gasteiger partial charge in [-0.15, -0.1) is 0 Å². The highest BCUT2D eigenvalue weighted by molar-refractivity contribution is 4.58. The summed E-state index contributed by atoms with van der Waals surface area (Å²) in [5.74, 6) is 0. The van der Waals surface area contributed by atoms with E-state index in [4.69, 9.17) is 9.60 Å². The maximum Gasteiger partial charge on any atom is 0.0584 e. The second-order valence-electron chi connectivity index (χ2n) is 1.05. The number of aliphatic hydroxyl groups excluding tert-OH is 1. The molecule has 1 aliphatic rings. The third-order valence-corrected chi connectivity index (χ3v) is 0.539. The van der Waals surface area contributed by atoms with E-state index in [1.54, 1.807) is 0 Å². The van der Waals surface area contributed by atoms with Crippen LogP contribution in [0.1, 0.15) is 22.3 Å². The van der Waals surface area contributed by atoms with Crippen molar-refractivity contribution < 1.29 is 19.4 Å². The molecular formula is C5H10O2. The van der Waals surface area contributed by atoms with E-state index in [0.717, 1.165) is 0 Å². The third-order valence-electron chi connectivity index (χ3n) is 0.539. The maximum atomic E-state index is 9.28. The van der Waals surface area contributed by atoms with Crippen molar-refractivity contribution in [3.05, 3.63) is 0 Å². The van der Waals surface area contributed by atoms with Crippen molar-refractivity contribution in [2.24, 2.45) is 0 Å². The summed E-state index contributed by atoms with van der Waals surface area (Å²) in [6.45, 7) is -4.82. The number of aliphatic hydroxyl groups is 1. The SMILES string of the molecule is [2H]C1OC([2H])([2H])C([2H])([2H])C(O)C1([2H])[2H]. The molecule has 0 radical (unpaired) electrons. The van der Waals surface area contributed by atoms with E-state index in [0.29, 0.717) is 0 Å². The summed E-state index contributed by atoms with van der Waals surface area (Å²) in [4.78, 5) is 0. The fraction of sp³-hybridized carbons (Fsp3) is 1.00. The Morgan fingerprint density at radius 2 is 2.57 bits per heavy atom. The largest absolute Gasteiger partial charge is 0.393 e. The van der Waals surface area contributed by atoms with Gasteiger partial charge in [-0.1, -0.05) is 0 Å². The summed E-state index contributed by atoms with van der Waals surface area (Å²) in [5.41, 5.74) is 0. The van der Waals surface area contributed by atoms with Crippen LogP contribution in [0.5, 0.6) is 0 Å². The van der Waals surface area contributed by atoms with E-state index in [1.165, 1.54) is 0 Å². The maximum absolute atomic E-state index is 9.28.